The van der Waals surface area contributed by atoms with Gasteiger partial charge in [-0.3, -0.25) is 4.79 Å². The molecule has 0 bridgehead atoms. The molecule has 7 heteroatoms. The van der Waals surface area contributed by atoms with Gasteiger partial charge in [0.1, 0.15) is 5.82 Å². The van der Waals surface area contributed by atoms with Crippen LogP contribution in [0.1, 0.15) is 12.1 Å². The summed E-state index contributed by atoms with van der Waals surface area (Å²) < 4.78 is 40.8. The number of nitrogens with zero attached hydrogens (tertiary/aromatic N) is 1. The summed E-state index contributed by atoms with van der Waals surface area (Å²) in [7, 11) is 0. The van der Waals surface area contributed by atoms with Crippen molar-refractivity contribution in [2.75, 3.05) is 0 Å². The lowest BCUT2D eigenvalue weighted by Gasteiger charge is -2.14. The van der Waals surface area contributed by atoms with Crippen molar-refractivity contribution in [2.24, 2.45) is 0 Å². The average molecular weight is 296 g/mol. The third-order valence-electron chi connectivity index (χ3n) is 2.81. The summed E-state index contributed by atoms with van der Waals surface area (Å²) in [6, 6.07) is 5.16. The monoisotopic (exact) mass is 296 g/mol. The van der Waals surface area contributed by atoms with E-state index in [0.29, 0.717) is 10.6 Å². The summed E-state index contributed by atoms with van der Waals surface area (Å²) in [6.45, 7) is 3.20. The Morgan fingerprint density at radius 3 is 2.38 bits per heavy atom. The van der Waals surface area contributed by atoms with Crippen molar-refractivity contribution in [3.8, 4) is 5.69 Å². The van der Waals surface area contributed by atoms with Crippen LogP contribution in [0.4, 0.5) is 13.2 Å². The van der Waals surface area contributed by atoms with Crippen molar-refractivity contribution in [1.82, 2.24) is 9.55 Å². The molecule has 0 saturated carbocycles. The Hall–Kier alpha value is -2.57. The second-order valence-electron chi connectivity index (χ2n) is 4.34. The van der Waals surface area contributed by atoms with E-state index in [1.54, 1.807) is 0 Å². The molecule has 0 aliphatic carbocycles. The number of hydrogen-bond donors (Lipinski definition) is 1. The summed E-state index contributed by atoms with van der Waals surface area (Å²) >= 11 is 0. The third kappa shape index (κ3) is 2.96. The maximum absolute atomic E-state index is 13.7. The number of alkyl halides is 2. The number of aromatic nitrogens is 2. The van der Waals surface area contributed by atoms with Crippen LogP contribution < -0.4 is 11.2 Å². The lowest BCUT2D eigenvalue weighted by molar-refractivity contribution is -0.00601. The predicted octanol–water partition coefficient (Wildman–Crippen LogP) is 2.33. The van der Waals surface area contributed by atoms with E-state index in [2.05, 4.69) is 6.58 Å². The molecule has 2 rings (SSSR count). The first-order chi connectivity index (χ1) is 9.85. The molecule has 2 aromatic rings. The minimum Gasteiger partial charge on any atom is -0.305 e. The molecule has 0 spiro atoms. The Morgan fingerprint density at radius 1 is 1.24 bits per heavy atom. The molecule has 0 aliphatic heterocycles. The molecular formula is C14H11F3N2O2. The molecule has 0 amide bonds. The van der Waals surface area contributed by atoms with Crippen molar-refractivity contribution in [2.45, 2.75) is 12.3 Å². The van der Waals surface area contributed by atoms with Crippen molar-refractivity contribution >= 4 is 0 Å². The Labute approximate surface area is 117 Å². The zero-order chi connectivity index (χ0) is 15.6. The fourth-order valence-electron chi connectivity index (χ4n) is 1.82. The van der Waals surface area contributed by atoms with Gasteiger partial charge in [0.05, 0.1) is 11.4 Å². The molecule has 0 radical (unpaired) electrons. The number of benzene rings is 1. The van der Waals surface area contributed by atoms with Crippen LogP contribution >= 0.6 is 0 Å². The van der Waals surface area contributed by atoms with Gasteiger partial charge in [0.2, 0.25) is 0 Å². The van der Waals surface area contributed by atoms with Crippen LogP contribution in [0, 0.1) is 5.82 Å². The van der Waals surface area contributed by atoms with Gasteiger partial charge in [-0.15, -0.1) is 6.58 Å². The molecule has 0 saturated heterocycles. The van der Waals surface area contributed by atoms with Crippen LogP contribution in [0.3, 0.4) is 0 Å². The first kappa shape index (κ1) is 14.8. The van der Waals surface area contributed by atoms with Crippen LogP contribution in [0.5, 0.6) is 0 Å². The number of allylic oxidation sites excluding steroid dienone is 1. The topological polar surface area (TPSA) is 54.9 Å². The van der Waals surface area contributed by atoms with E-state index in [4.69, 9.17) is 0 Å². The number of nitrogens with one attached hydrogen (secondary N) is 1. The quantitative estimate of drug-likeness (QED) is 0.880. The molecule has 21 heavy (non-hydrogen) atoms. The Morgan fingerprint density at radius 2 is 1.86 bits per heavy atom. The molecule has 4 nitrogen and oxygen atoms in total. The van der Waals surface area contributed by atoms with Gasteiger partial charge in [-0.25, -0.2) is 13.8 Å². The second kappa shape index (κ2) is 5.43. The number of halogens is 3. The highest BCUT2D eigenvalue weighted by Gasteiger charge is 2.32. The minimum atomic E-state index is -3.39. The molecular weight excluding hydrogens is 285 g/mol. The molecule has 0 atom stereocenters. The fourth-order valence-corrected chi connectivity index (χ4v) is 1.82. The predicted molar refractivity (Wildman–Crippen MR) is 71.3 cm³/mol. The van der Waals surface area contributed by atoms with Crippen molar-refractivity contribution < 1.29 is 13.2 Å². The standard InChI is InChI=1S/C14H11F3N2O2/c1-2-7-14(16,17)11-8-12(20)19(13(21)18-11)10-5-3-9(15)4-6-10/h2-6,8H,1,7H2,(H,18,21). The molecule has 1 heterocycles. The molecule has 0 aliphatic rings. The first-order valence-electron chi connectivity index (χ1n) is 5.96. The highest BCUT2D eigenvalue weighted by Crippen LogP contribution is 2.28. The largest absolute Gasteiger partial charge is 0.333 e. The van der Waals surface area contributed by atoms with Crippen LogP contribution in [0.25, 0.3) is 5.69 Å². The first-order valence-corrected chi connectivity index (χ1v) is 5.96. The van der Waals surface area contributed by atoms with E-state index in [1.165, 1.54) is 12.1 Å². The second-order valence-corrected chi connectivity index (χ2v) is 4.34. The molecule has 1 N–H and O–H groups in total. The van der Waals surface area contributed by atoms with E-state index in [9.17, 15) is 22.8 Å². The van der Waals surface area contributed by atoms with Gasteiger partial charge < -0.3 is 4.98 Å². The minimum absolute atomic E-state index is 0.0845. The zero-order valence-corrected chi connectivity index (χ0v) is 10.8. The van der Waals surface area contributed by atoms with Gasteiger partial charge in [0.15, 0.2) is 0 Å². The Kier molecular flexibility index (Phi) is 3.84. The van der Waals surface area contributed by atoms with Crippen molar-refractivity contribution in [1.29, 1.82) is 0 Å². The van der Waals surface area contributed by atoms with E-state index in [0.717, 1.165) is 18.2 Å². The van der Waals surface area contributed by atoms with Crippen LogP contribution in [0.15, 0.2) is 52.6 Å². The van der Waals surface area contributed by atoms with E-state index in [-0.39, 0.29) is 5.69 Å². The van der Waals surface area contributed by atoms with E-state index in [1.807, 2.05) is 4.98 Å². The summed E-state index contributed by atoms with van der Waals surface area (Å²) in [5.41, 5.74) is -2.64. The average Bonchev–Trinajstić information content (AvgIpc) is 2.40. The smallest absolute Gasteiger partial charge is 0.305 e. The Bertz CT molecular complexity index is 745. The number of H-pyrrole nitrogens is 1. The van der Waals surface area contributed by atoms with Gasteiger partial charge in [0, 0.05) is 12.5 Å². The highest BCUT2D eigenvalue weighted by molar-refractivity contribution is 5.32. The summed E-state index contributed by atoms with van der Waals surface area (Å²) in [4.78, 5) is 25.7. The maximum Gasteiger partial charge on any atom is 0.333 e. The Balaban J connectivity index is 2.58. The van der Waals surface area contributed by atoms with Crippen molar-refractivity contribution in [3.63, 3.8) is 0 Å². The van der Waals surface area contributed by atoms with Gasteiger partial charge in [-0.05, 0) is 24.3 Å². The molecule has 0 fully saturated rings. The lowest BCUT2D eigenvalue weighted by atomic mass is 10.1. The number of hydrogen-bond acceptors (Lipinski definition) is 2. The maximum atomic E-state index is 13.7. The highest BCUT2D eigenvalue weighted by atomic mass is 19.3. The van der Waals surface area contributed by atoms with Gasteiger partial charge in [0.25, 0.3) is 11.5 Å². The van der Waals surface area contributed by atoms with E-state index >= 15 is 0 Å². The van der Waals surface area contributed by atoms with Crippen molar-refractivity contribution in [3.05, 3.63) is 75.3 Å². The number of rotatable bonds is 4. The fraction of sp³-hybridized carbons (Fsp3) is 0.143. The van der Waals surface area contributed by atoms with Gasteiger partial charge in [-0.1, -0.05) is 6.08 Å². The zero-order valence-electron chi connectivity index (χ0n) is 10.8. The van der Waals surface area contributed by atoms with Crippen LogP contribution in [-0.2, 0) is 5.92 Å². The molecule has 1 aromatic heterocycles. The third-order valence-corrected chi connectivity index (χ3v) is 2.81. The van der Waals surface area contributed by atoms with Gasteiger partial charge >= 0.3 is 5.69 Å². The summed E-state index contributed by atoms with van der Waals surface area (Å²) in [5.74, 6) is -3.93. The summed E-state index contributed by atoms with van der Waals surface area (Å²) in [6.07, 6.45) is 0.284. The molecule has 110 valence electrons. The SMILES string of the molecule is C=CCC(F)(F)c1cc(=O)n(-c2ccc(F)cc2)c(=O)[nH]1. The van der Waals surface area contributed by atoms with Gasteiger partial charge in [-0.2, -0.15) is 8.78 Å². The summed E-state index contributed by atoms with van der Waals surface area (Å²) in [5, 5.41) is 0. The van der Waals surface area contributed by atoms with E-state index < -0.39 is 35.1 Å². The molecule has 1 aromatic carbocycles. The molecule has 0 unspecified atom stereocenters. The van der Waals surface area contributed by atoms with Crippen LogP contribution in [-0.4, -0.2) is 9.55 Å². The normalized spacial score (nSPS) is 11.4. The lowest BCUT2D eigenvalue weighted by Crippen LogP contribution is -2.36. The van der Waals surface area contributed by atoms with Crippen LogP contribution in [0.2, 0.25) is 0 Å². The number of aromatic amines is 1.